The Morgan fingerprint density at radius 1 is 0.367 bits per heavy atom. The van der Waals surface area contributed by atoms with Crippen molar-refractivity contribution in [2.24, 2.45) is 16.2 Å². The van der Waals surface area contributed by atoms with Crippen LogP contribution in [0.15, 0.2) is 12.2 Å². The van der Waals surface area contributed by atoms with E-state index in [0.29, 0.717) is 76.7 Å². The molecule has 18 rings (SSSR count). The smallest absolute Gasteiger partial charge is 0.245 e. The van der Waals surface area contributed by atoms with Gasteiger partial charge in [0, 0.05) is 35.0 Å². The zero-order valence-corrected chi connectivity index (χ0v) is 48.0. The zero-order valence-electron chi connectivity index (χ0n) is 48.0. The number of hydrogen-bond acceptors (Lipinski definition) is 18. The number of benzene rings is 4. The molecule has 2 fully saturated rings. The lowest BCUT2D eigenvalue weighted by atomic mass is 9.55. The van der Waals surface area contributed by atoms with Crippen molar-refractivity contribution in [3.8, 4) is 0 Å². The monoisotopic (exact) mass is 1220 g/mol. The first-order valence-corrected chi connectivity index (χ1v) is 30.6. The van der Waals surface area contributed by atoms with Crippen LogP contribution in [0.25, 0.3) is 104 Å². The maximum Gasteiger partial charge on any atom is 0.245 e. The molecule has 18 N–H and O–H groups in total. The fourth-order valence-electron chi connectivity index (χ4n) is 20.2. The van der Waals surface area contributed by atoms with Crippen molar-refractivity contribution < 1.29 is 90.0 Å². The van der Waals surface area contributed by atoms with Crippen LogP contribution in [0.5, 0.6) is 0 Å². The summed E-state index contributed by atoms with van der Waals surface area (Å²) >= 11 is 0. The van der Waals surface area contributed by atoms with Crippen LogP contribution in [-0.4, -0.2) is 212 Å². The first kappa shape index (κ1) is 55.1. The Kier molecular flexibility index (Phi) is 10.6. The second-order valence-electron chi connectivity index (χ2n) is 26.7. The SMILES string of the molecule is CC1c2c3c4c5c(c6c7c5c5c8c9c%10c%11c(c%12c%13c(c%14c1c1c2c4c5c9c1c%14c%12%10)C%13(C(=O)NC(CO)CO)C(=O)NC(CO)CO)C=CC1(C=C6)C%11C=8C7C1(C(=O)NC(CO)CO)C(=O)NC(CO)CO)C1C3C1(C(=O)NC(CO)CO)C(=O)NC(CO)CO. The van der Waals surface area contributed by atoms with Gasteiger partial charge in [0.25, 0.3) is 0 Å². The van der Waals surface area contributed by atoms with Gasteiger partial charge >= 0.3 is 0 Å². The van der Waals surface area contributed by atoms with Crippen LogP contribution in [0.1, 0.15) is 92.1 Å². The molecule has 2 saturated carbocycles. The van der Waals surface area contributed by atoms with Crippen LogP contribution < -0.4 is 37.1 Å². The topological polar surface area (TPSA) is 417 Å². The summed E-state index contributed by atoms with van der Waals surface area (Å²) in [6.07, 6.45) is 7.15. The molecule has 9 aromatic rings. The van der Waals surface area contributed by atoms with Crippen molar-refractivity contribution in [3.05, 3.63) is 73.0 Å². The average molecular weight is 1230 g/mol. The maximum atomic E-state index is 16.7. The quantitative estimate of drug-likeness (QED) is 0.0204. The zero-order chi connectivity index (χ0) is 62.5. The molecule has 9 aliphatic rings. The van der Waals surface area contributed by atoms with Gasteiger partial charge in [0.05, 0.1) is 116 Å². The molecule has 0 radical (unpaired) electrons. The summed E-state index contributed by atoms with van der Waals surface area (Å²) in [5.41, 5.74) is -2.71. The Bertz CT molecular complexity index is 4900. The molecule has 24 heteroatoms. The van der Waals surface area contributed by atoms with Crippen molar-refractivity contribution in [3.63, 3.8) is 0 Å². The van der Waals surface area contributed by atoms with Crippen molar-refractivity contribution in [2.75, 3.05) is 79.3 Å². The minimum Gasteiger partial charge on any atom is -0.394 e. The molecule has 0 heterocycles. The van der Waals surface area contributed by atoms with Crippen molar-refractivity contribution >= 4 is 139 Å². The molecule has 6 amide bonds. The van der Waals surface area contributed by atoms with Gasteiger partial charge in [0.1, 0.15) is 5.41 Å². The van der Waals surface area contributed by atoms with Gasteiger partial charge in [-0.05, 0) is 153 Å². The highest BCUT2D eigenvalue weighted by atomic mass is 16.3. The molecule has 6 atom stereocenters. The van der Waals surface area contributed by atoms with Crippen molar-refractivity contribution in [1.82, 2.24) is 31.9 Å². The van der Waals surface area contributed by atoms with E-state index in [4.69, 9.17) is 0 Å². The number of aliphatic hydroxyl groups excluding tert-OH is 12. The molecule has 6 unspecified atom stereocenters. The summed E-state index contributed by atoms with van der Waals surface area (Å²) in [6, 6.07) is -7.74. The van der Waals surface area contributed by atoms with Crippen LogP contribution in [0.3, 0.4) is 0 Å². The highest BCUT2D eigenvalue weighted by molar-refractivity contribution is 6.58. The van der Waals surface area contributed by atoms with Gasteiger partial charge in [-0.2, -0.15) is 0 Å². The van der Waals surface area contributed by atoms with Crippen molar-refractivity contribution in [2.45, 2.75) is 78.2 Å². The van der Waals surface area contributed by atoms with E-state index in [1.807, 2.05) is 13.0 Å². The van der Waals surface area contributed by atoms with Gasteiger partial charge in [0.2, 0.25) is 35.4 Å². The Morgan fingerprint density at radius 2 is 0.711 bits per heavy atom. The Balaban J connectivity index is 1.07. The third-order valence-electron chi connectivity index (χ3n) is 23.4. The second kappa shape index (κ2) is 17.4. The van der Waals surface area contributed by atoms with Gasteiger partial charge < -0.3 is 93.2 Å². The van der Waals surface area contributed by atoms with Gasteiger partial charge in [-0.25, -0.2) is 0 Å². The lowest BCUT2D eigenvalue weighted by molar-refractivity contribution is -0.151. The summed E-state index contributed by atoms with van der Waals surface area (Å²) in [7, 11) is 0. The van der Waals surface area contributed by atoms with Gasteiger partial charge in [-0.15, -0.1) is 0 Å². The van der Waals surface area contributed by atoms with Crippen LogP contribution in [0.2, 0.25) is 0 Å². The van der Waals surface area contributed by atoms with Crippen LogP contribution >= 0.6 is 0 Å². The molecular weight excluding hydrogens is 1160 g/mol. The average Bonchev–Trinajstić information content (AvgIpc) is 1.41. The van der Waals surface area contributed by atoms with Crippen LogP contribution in [0.4, 0.5) is 0 Å². The Hall–Kier alpha value is -7.82. The molecule has 24 nitrogen and oxygen atoms in total. The lowest BCUT2D eigenvalue weighted by Gasteiger charge is -2.46. The molecule has 2 bridgehead atoms. The predicted molar refractivity (Wildman–Crippen MR) is 322 cm³/mol. The van der Waals surface area contributed by atoms with Crippen LogP contribution in [0, 0.1) is 16.2 Å². The predicted octanol–water partition coefficient (Wildman–Crippen LogP) is -3.73. The first-order valence-electron chi connectivity index (χ1n) is 30.6. The molecule has 0 aliphatic heterocycles. The number of rotatable bonds is 24. The van der Waals surface area contributed by atoms with E-state index in [2.05, 4.69) is 31.9 Å². The van der Waals surface area contributed by atoms with Gasteiger partial charge in [-0.1, -0.05) is 31.2 Å². The van der Waals surface area contributed by atoms with E-state index < -0.39 is 202 Å². The summed E-state index contributed by atoms with van der Waals surface area (Å²) < 4.78 is 0. The van der Waals surface area contributed by atoms with E-state index in [1.165, 1.54) is 0 Å². The van der Waals surface area contributed by atoms with Gasteiger partial charge in [-0.3, -0.25) is 28.8 Å². The van der Waals surface area contributed by atoms with E-state index in [1.54, 1.807) is 18.2 Å². The number of allylic oxidation sites excluding steroid dienone is 2. The molecule has 9 aliphatic carbocycles. The molecule has 90 heavy (non-hydrogen) atoms. The largest absolute Gasteiger partial charge is 0.394 e. The summed E-state index contributed by atoms with van der Waals surface area (Å²) in [4.78, 5) is 97.2. The molecule has 0 aromatic heterocycles. The Morgan fingerprint density at radius 3 is 1.21 bits per heavy atom. The molecular formula is C66H60N6O18. The van der Waals surface area contributed by atoms with Gasteiger partial charge in [0.15, 0.2) is 10.8 Å². The number of carbonyl (C=O) groups excluding carboxylic acids is 6. The standard InChI is InChI=1S/C66H60N6O18/c1-18-27-33-34-28(18)49-46-38-32(54-56(49)65(54,59(87)69-21(10-77)11-78)60(88)70-22(12-79)13-80)26-3-5-63-4-2-25-29-35-37-31(25)53-55(64(53,57(85)67-19(6-73)7-74)58(86)68-20(8-75)9-76)48(27)45(37)39(33)43-41(35)47-42(44(43)40(34)46)36(38)30(26)52(50(47)51(29)63)66(63,61(89)71-23(14-81)15-82)62(90)72-24(16-83)17-84/h2-5,18-24,51-52,54,56,73-84H,6-17H2,1H3,(H,67,85)(H,68,86)(H,69,87)(H,70,88)(H,71,89)(H,72,90). The Labute approximate surface area is 506 Å². The molecule has 0 saturated heterocycles. The number of carbonyl (C=O) groups is 6. The fourth-order valence-corrected chi connectivity index (χ4v) is 20.2. The third-order valence-corrected chi connectivity index (χ3v) is 23.4. The number of aliphatic hydroxyl groups is 12. The summed E-state index contributed by atoms with van der Waals surface area (Å²) in [5.74, 6) is -10.6. The highest BCUT2D eigenvalue weighted by Crippen LogP contribution is 2.84. The molecule has 1 spiro atoms. The summed E-state index contributed by atoms with van der Waals surface area (Å²) in [5, 5.41) is 157. The lowest BCUT2D eigenvalue weighted by Crippen LogP contribution is -2.63. The van der Waals surface area contributed by atoms with E-state index in [0.717, 1.165) is 64.8 Å². The highest BCUT2D eigenvalue weighted by Gasteiger charge is 2.81. The minimum absolute atomic E-state index is 0.262. The second-order valence-corrected chi connectivity index (χ2v) is 26.7. The molecule has 9 aromatic carbocycles. The van der Waals surface area contributed by atoms with Crippen molar-refractivity contribution in [1.29, 1.82) is 0 Å². The molecule has 462 valence electrons. The minimum atomic E-state index is -2.43. The number of hydrogen-bond donors (Lipinski definition) is 18. The van der Waals surface area contributed by atoms with E-state index in [-0.39, 0.29) is 11.1 Å². The van der Waals surface area contributed by atoms with E-state index >= 15 is 28.8 Å². The number of fused-ring (bicyclic) bond motifs is 10. The maximum absolute atomic E-state index is 16.7. The first-order chi connectivity index (χ1) is 43.6. The van der Waals surface area contributed by atoms with E-state index in [9.17, 15) is 61.3 Å². The number of amides is 6. The third kappa shape index (κ3) is 5.26. The normalized spacial score (nSPS) is 23.5. The fraction of sp³-hybridized carbons (Fsp3) is 0.424. The number of nitrogens with one attached hydrogen (secondary N) is 6. The summed E-state index contributed by atoms with van der Waals surface area (Å²) in [6.45, 7) is -6.92. The van der Waals surface area contributed by atoms with Crippen LogP contribution in [-0.2, 0) is 34.2 Å².